The maximum absolute atomic E-state index is 13.0. The molecule has 34 heavy (non-hydrogen) atoms. The van der Waals surface area contributed by atoms with Gasteiger partial charge in [-0.2, -0.15) is 0 Å². The molecule has 1 aromatic carbocycles. The number of β-lactam (4-membered cyclic amide) rings is 1. The first-order valence-corrected chi connectivity index (χ1v) is 13.0. The Balaban J connectivity index is 1.32. The Morgan fingerprint density at radius 3 is 2.56 bits per heavy atom. The van der Waals surface area contributed by atoms with Gasteiger partial charge in [0.05, 0.1) is 5.75 Å². The van der Waals surface area contributed by atoms with Crippen LogP contribution in [0.4, 0.5) is 0 Å². The molecule has 3 fully saturated rings. The molecule has 11 heteroatoms. The maximum Gasteiger partial charge on any atom is 0.352 e. The second-order valence-corrected chi connectivity index (χ2v) is 10.7. The van der Waals surface area contributed by atoms with Crippen molar-refractivity contribution in [2.45, 2.75) is 35.6 Å². The second-order valence-electron chi connectivity index (χ2n) is 8.54. The molecule has 2 atom stereocenters. The number of aliphatic carboxylic acids is 1. The molecule has 0 aromatic heterocycles. The standard InChI is InChI=1S/C23H23N3O6S2/c27-12-3-5-13(6-4-12)33-10-16(28)25-18-21(30)26-19(23(31)32)15(9-34-22(18)26)17(11-1-2-11)14-7-8-24-20(14)29/h3-6,11,18,22,27H,1-2,7-10H2,(H,24,29)(H,25,28)(H,31,32)/t18-,22-/m1/s1. The van der Waals surface area contributed by atoms with E-state index in [0.717, 1.165) is 23.3 Å². The summed E-state index contributed by atoms with van der Waals surface area (Å²) < 4.78 is 0. The summed E-state index contributed by atoms with van der Waals surface area (Å²) in [5.41, 5.74) is 1.93. The van der Waals surface area contributed by atoms with Gasteiger partial charge in [0.15, 0.2) is 0 Å². The number of carbonyl (C=O) groups excluding carboxylic acids is 3. The first-order valence-electron chi connectivity index (χ1n) is 11.0. The third-order valence-corrected chi connectivity index (χ3v) is 8.56. The van der Waals surface area contributed by atoms with Crippen molar-refractivity contribution < 1.29 is 29.4 Å². The smallest absolute Gasteiger partial charge is 0.352 e. The Hall–Kier alpha value is -2.92. The average Bonchev–Trinajstić information content (AvgIpc) is 3.57. The van der Waals surface area contributed by atoms with Crippen molar-refractivity contribution in [3.63, 3.8) is 0 Å². The molecule has 4 N–H and O–H groups in total. The highest BCUT2D eigenvalue weighted by atomic mass is 32.2. The molecule has 3 heterocycles. The lowest BCUT2D eigenvalue weighted by atomic mass is 9.91. The van der Waals surface area contributed by atoms with Crippen molar-refractivity contribution in [1.82, 2.24) is 15.5 Å². The maximum atomic E-state index is 13.0. The molecule has 0 spiro atoms. The van der Waals surface area contributed by atoms with Crippen LogP contribution < -0.4 is 10.6 Å². The number of amides is 3. The molecule has 1 aromatic rings. The van der Waals surface area contributed by atoms with Crippen molar-refractivity contribution in [2.75, 3.05) is 18.1 Å². The van der Waals surface area contributed by atoms with E-state index in [9.17, 15) is 29.4 Å². The SMILES string of the molecule is O=C(CSc1ccc(O)cc1)N[C@@H]1C(=O)N2C(C(=O)O)=C(C(=C3CCNC3=O)C3CC3)CS[C@H]12. The van der Waals surface area contributed by atoms with Crippen molar-refractivity contribution in [2.24, 2.45) is 5.92 Å². The summed E-state index contributed by atoms with van der Waals surface area (Å²) in [5, 5.41) is 24.4. The van der Waals surface area contributed by atoms with Gasteiger partial charge < -0.3 is 20.8 Å². The fourth-order valence-electron chi connectivity index (χ4n) is 4.56. The zero-order valence-corrected chi connectivity index (χ0v) is 19.7. The number of aromatic hydroxyl groups is 1. The molecule has 3 amide bonds. The van der Waals surface area contributed by atoms with E-state index in [-0.39, 0.29) is 34.9 Å². The van der Waals surface area contributed by atoms with Gasteiger partial charge in [0.2, 0.25) is 11.8 Å². The number of carbonyl (C=O) groups is 4. The number of carboxylic acids is 1. The van der Waals surface area contributed by atoms with Crippen LogP contribution in [0, 0.1) is 5.92 Å². The van der Waals surface area contributed by atoms with Crippen LogP contribution in [0.2, 0.25) is 0 Å². The molecule has 178 valence electrons. The van der Waals surface area contributed by atoms with E-state index in [0.29, 0.717) is 29.9 Å². The number of hydrogen-bond donors (Lipinski definition) is 4. The summed E-state index contributed by atoms with van der Waals surface area (Å²) in [5.74, 6) is -1.38. The molecule has 4 aliphatic rings. The van der Waals surface area contributed by atoms with Crippen molar-refractivity contribution in [3.05, 3.63) is 46.7 Å². The Morgan fingerprint density at radius 1 is 1.21 bits per heavy atom. The van der Waals surface area contributed by atoms with E-state index in [1.165, 1.54) is 40.6 Å². The number of fused-ring (bicyclic) bond motifs is 1. The summed E-state index contributed by atoms with van der Waals surface area (Å²) in [4.78, 5) is 52.1. The fraction of sp³-hybridized carbons (Fsp3) is 0.391. The molecule has 1 saturated carbocycles. The lowest BCUT2D eigenvalue weighted by Crippen LogP contribution is -2.70. The molecular formula is C23H23N3O6S2. The average molecular weight is 502 g/mol. The van der Waals surface area contributed by atoms with E-state index < -0.39 is 23.3 Å². The van der Waals surface area contributed by atoms with Gasteiger partial charge in [-0.15, -0.1) is 23.5 Å². The third-order valence-electron chi connectivity index (χ3n) is 6.26. The van der Waals surface area contributed by atoms with Crippen molar-refractivity contribution in [3.8, 4) is 5.75 Å². The number of carboxylic acid groups (broad SMARTS) is 1. The number of phenolic OH excluding ortho intramolecular Hbond substituents is 1. The largest absolute Gasteiger partial charge is 0.508 e. The van der Waals surface area contributed by atoms with Crippen LogP contribution in [0.25, 0.3) is 0 Å². The normalized spacial score (nSPS) is 25.5. The van der Waals surface area contributed by atoms with Gasteiger partial charge in [0.1, 0.15) is 22.9 Å². The lowest BCUT2D eigenvalue weighted by molar-refractivity contribution is -0.150. The van der Waals surface area contributed by atoms with Crippen LogP contribution in [0.15, 0.2) is 51.6 Å². The summed E-state index contributed by atoms with van der Waals surface area (Å²) >= 11 is 2.69. The predicted octanol–water partition coefficient (Wildman–Crippen LogP) is 1.45. The zero-order valence-electron chi connectivity index (χ0n) is 18.1. The Labute approximate surface area is 204 Å². The molecule has 2 saturated heterocycles. The van der Waals surface area contributed by atoms with Crippen molar-refractivity contribution >= 4 is 47.2 Å². The minimum absolute atomic E-state index is 0.0631. The van der Waals surface area contributed by atoms with Crippen LogP contribution in [0.3, 0.4) is 0 Å². The number of phenols is 1. The highest BCUT2D eigenvalue weighted by molar-refractivity contribution is 8.00. The molecular weight excluding hydrogens is 478 g/mol. The number of thioether (sulfide) groups is 2. The lowest BCUT2D eigenvalue weighted by Gasteiger charge is -2.49. The number of rotatable bonds is 7. The summed E-state index contributed by atoms with van der Waals surface area (Å²) in [6.45, 7) is 0.536. The van der Waals surface area contributed by atoms with E-state index in [2.05, 4.69) is 10.6 Å². The third kappa shape index (κ3) is 4.18. The van der Waals surface area contributed by atoms with E-state index >= 15 is 0 Å². The predicted molar refractivity (Wildman–Crippen MR) is 126 cm³/mol. The fourth-order valence-corrected chi connectivity index (χ4v) is 6.63. The number of hydrogen-bond acceptors (Lipinski definition) is 7. The number of nitrogens with zero attached hydrogens (tertiary/aromatic N) is 1. The number of benzene rings is 1. The van der Waals surface area contributed by atoms with Gasteiger partial charge in [-0.05, 0) is 60.6 Å². The Kier molecular flexibility index (Phi) is 6.07. The minimum Gasteiger partial charge on any atom is -0.508 e. The molecule has 5 rings (SSSR count). The quantitative estimate of drug-likeness (QED) is 0.250. The van der Waals surface area contributed by atoms with Crippen LogP contribution in [-0.4, -0.2) is 68.3 Å². The van der Waals surface area contributed by atoms with Gasteiger partial charge in [-0.3, -0.25) is 19.3 Å². The Morgan fingerprint density at radius 2 is 1.94 bits per heavy atom. The zero-order chi connectivity index (χ0) is 24.0. The van der Waals surface area contributed by atoms with Crippen molar-refractivity contribution in [1.29, 1.82) is 0 Å². The van der Waals surface area contributed by atoms with Gasteiger partial charge in [-0.1, -0.05) is 0 Å². The molecule has 0 bridgehead atoms. The van der Waals surface area contributed by atoms with E-state index in [1.807, 2.05) is 0 Å². The first kappa shape index (κ1) is 22.9. The molecule has 0 radical (unpaired) electrons. The van der Waals surface area contributed by atoms with E-state index in [4.69, 9.17) is 0 Å². The summed E-state index contributed by atoms with van der Waals surface area (Å²) in [6.07, 6.45) is 2.37. The molecule has 9 nitrogen and oxygen atoms in total. The summed E-state index contributed by atoms with van der Waals surface area (Å²) in [7, 11) is 0. The highest BCUT2D eigenvalue weighted by Crippen LogP contribution is 2.49. The highest BCUT2D eigenvalue weighted by Gasteiger charge is 2.55. The summed E-state index contributed by atoms with van der Waals surface area (Å²) in [6, 6.07) is 5.67. The second kappa shape index (κ2) is 9.03. The monoisotopic (exact) mass is 501 g/mol. The molecule has 1 aliphatic carbocycles. The number of nitrogens with one attached hydrogen (secondary N) is 2. The van der Waals surface area contributed by atoms with Gasteiger partial charge >= 0.3 is 5.97 Å². The first-order chi connectivity index (χ1) is 16.3. The van der Waals surface area contributed by atoms with Crippen LogP contribution in [-0.2, 0) is 19.2 Å². The van der Waals surface area contributed by atoms with Gasteiger partial charge in [0.25, 0.3) is 5.91 Å². The van der Waals surface area contributed by atoms with Crippen LogP contribution in [0.5, 0.6) is 5.75 Å². The van der Waals surface area contributed by atoms with Gasteiger partial charge in [-0.25, -0.2) is 4.79 Å². The number of allylic oxidation sites excluding steroid dienone is 1. The molecule has 0 unspecified atom stereocenters. The topological polar surface area (TPSA) is 136 Å². The van der Waals surface area contributed by atoms with E-state index in [1.54, 1.807) is 12.1 Å². The Bertz CT molecular complexity index is 1140. The van der Waals surface area contributed by atoms with Crippen LogP contribution >= 0.6 is 23.5 Å². The minimum atomic E-state index is -1.20. The van der Waals surface area contributed by atoms with Gasteiger partial charge in [0, 0.05) is 22.8 Å². The van der Waals surface area contributed by atoms with Crippen LogP contribution in [0.1, 0.15) is 19.3 Å². The molecule has 3 aliphatic heterocycles.